The third-order valence-corrected chi connectivity index (χ3v) is 7.47. The van der Waals surface area contributed by atoms with Gasteiger partial charge in [-0.1, -0.05) is 35.3 Å². The topological polar surface area (TPSA) is 40.6 Å². The van der Waals surface area contributed by atoms with E-state index in [1.807, 2.05) is 32.0 Å². The van der Waals surface area contributed by atoms with Crippen molar-refractivity contribution in [1.29, 1.82) is 0 Å². The second-order valence-corrected chi connectivity index (χ2v) is 9.43. The van der Waals surface area contributed by atoms with Crippen molar-refractivity contribution in [2.45, 2.75) is 25.3 Å². The Morgan fingerprint density at radius 2 is 1.58 bits per heavy atom. The molecule has 0 amide bonds. The van der Waals surface area contributed by atoms with Crippen LogP contribution in [0.25, 0.3) is 0 Å². The van der Waals surface area contributed by atoms with Crippen molar-refractivity contribution in [3.8, 4) is 0 Å². The molecule has 1 aliphatic heterocycles. The van der Waals surface area contributed by atoms with Gasteiger partial charge in [0.05, 0.1) is 14.9 Å². The Kier molecular flexibility index (Phi) is 5.94. The molecular weight excluding hydrogens is 391 g/mol. The molecule has 0 aliphatic carbocycles. The minimum atomic E-state index is -3.44. The summed E-state index contributed by atoms with van der Waals surface area (Å²) >= 11 is 12.0. The van der Waals surface area contributed by atoms with E-state index in [-0.39, 0.29) is 0 Å². The third kappa shape index (κ3) is 4.24. The zero-order valence-corrected chi connectivity index (χ0v) is 17.2. The first-order valence-electron chi connectivity index (χ1n) is 8.51. The molecule has 0 unspecified atom stereocenters. The van der Waals surface area contributed by atoms with E-state index >= 15 is 0 Å². The molecule has 0 spiro atoms. The lowest BCUT2D eigenvalue weighted by Gasteiger charge is -2.34. The lowest BCUT2D eigenvalue weighted by molar-refractivity contribution is 0.181. The van der Waals surface area contributed by atoms with E-state index < -0.39 is 10.0 Å². The van der Waals surface area contributed by atoms with Crippen molar-refractivity contribution < 1.29 is 8.42 Å². The summed E-state index contributed by atoms with van der Waals surface area (Å²) in [6.07, 6.45) is 0. The molecule has 0 atom stereocenters. The smallest absolute Gasteiger partial charge is 0.243 e. The lowest BCUT2D eigenvalue weighted by Crippen LogP contribution is -2.48. The van der Waals surface area contributed by atoms with Crippen LogP contribution in [0, 0.1) is 13.8 Å². The number of rotatable bonds is 4. The van der Waals surface area contributed by atoms with E-state index in [9.17, 15) is 8.42 Å². The van der Waals surface area contributed by atoms with Crippen LogP contribution in [0.4, 0.5) is 0 Å². The Balaban J connectivity index is 1.65. The maximum Gasteiger partial charge on any atom is 0.243 e. The van der Waals surface area contributed by atoms with Gasteiger partial charge < -0.3 is 0 Å². The lowest BCUT2D eigenvalue weighted by atomic mass is 10.1. The van der Waals surface area contributed by atoms with Gasteiger partial charge in [-0.15, -0.1) is 0 Å². The second-order valence-electron chi connectivity index (χ2n) is 6.67. The molecule has 0 N–H and O–H groups in total. The van der Waals surface area contributed by atoms with E-state index in [1.165, 1.54) is 0 Å². The highest BCUT2D eigenvalue weighted by Gasteiger charge is 2.28. The highest BCUT2D eigenvalue weighted by Crippen LogP contribution is 2.24. The van der Waals surface area contributed by atoms with Crippen molar-refractivity contribution in [1.82, 2.24) is 9.21 Å². The van der Waals surface area contributed by atoms with Crippen molar-refractivity contribution >= 4 is 33.2 Å². The van der Waals surface area contributed by atoms with Crippen molar-refractivity contribution in [2.75, 3.05) is 26.2 Å². The molecule has 0 bridgehead atoms. The maximum atomic E-state index is 12.9. The maximum absolute atomic E-state index is 12.9. The fourth-order valence-electron chi connectivity index (χ4n) is 3.05. The van der Waals surface area contributed by atoms with Gasteiger partial charge in [-0.05, 0) is 54.8 Å². The molecule has 1 aliphatic rings. The molecule has 4 nitrogen and oxygen atoms in total. The summed E-state index contributed by atoms with van der Waals surface area (Å²) in [4.78, 5) is 2.60. The number of halogens is 2. The van der Waals surface area contributed by atoms with E-state index in [0.717, 1.165) is 23.2 Å². The molecule has 0 saturated carbocycles. The predicted molar refractivity (Wildman–Crippen MR) is 106 cm³/mol. The van der Waals surface area contributed by atoms with E-state index in [4.69, 9.17) is 23.2 Å². The highest BCUT2D eigenvalue weighted by atomic mass is 35.5. The van der Waals surface area contributed by atoms with Gasteiger partial charge in [0.25, 0.3) is 0 Å². The van der Waals surface area contributed by atoms with Crippen LogP contribution >= 0.6 is 23.2 Å². The SMILES string of the molecule is Cc1ccc(S(=O)(=O)N2CCN(Cc3ccc(Cl)c(Cl)c3)CC2)cc1C. The Hall–Kier alpha value is -1.11. The summed E-state index contributed by atoms with van der Waals surface area (Å²) in [6, 6.07) is 10.9. The number of hydrogen-bond acceptors (Lipinski definition) is 3. The van der Waals surface area contributed by atoms with Gasteiger partial charge in [-0.2, -0.15) is 4.31 Å². The van der Waals surface area contributed by atoms with Crippen LogP contribution in [0.1, 0.15) is 16.7 Å². The number of sulfonamides is 1. The summed E-state index contributed by atoms with van der Waals surface area (Å²) < 4.78 is 27.3. The number of piperazine rings is 1. The minimum Gasteiger partial charge on any atom is -0.296 e. The van der Waals surface area contributed by atoms with Crippen LogP contribution in [-0.2, 0) is 16.6 Å². The van der Waals surface area contributed by atoms with Crippen LogP contribution in [-0.4, -0.2) is 43.8 Å². The molecule has 1 heterocycles. The monoisotopic (exact) mass is 412 g/mol. The summed E-state index contributed by atoms with van der Waals surface area (Å²) in [6.45, 7) is 6.98. The van der Waals surface area contributed by atoms with Crippen LogP contribution in [0.5, 0.6) is 0 Å². The Bertz CT molecular complexity index is 908. The summed E-state index contributed by atoms with van der Waals surface area (Å²) in [5.41, 5.74) is 3.16. The normalized spacial score (nSPS) is 16.8. The van der Waals surface area contributed by atoms with Gasteiger partial charge in [-0.3, -0.25) is 4.90 Å². The summed E-state index contributed by atoms with van der Waals surface area (Å²) in [7, 11) is -3.44. The van der Waals surface area contributed by atoms with Crippen molar-refractivity contribution in [3.05, 3.63) is 63.1 Å². The molecule has 1 saturated heterocycles. The van der Waals surface area contributed by atoms with E-state index in [1.54, 1.807) is 22.5 Å². The average Bonchev–Trinajstić information content (AvgIpc) is 2.61. The highest BCUT2D eigenvalue weighted by molar-refractivity contribution is 7.89. The van der Waals surface area contributed by atoms with Crippen LogP contribution in [0.2, 0.25) is 10.0 Å². The molecule has 26 heavy (non-hydrogen) atoms. The van der Waals surface area contributed by atoms with Gasteiger partial charge in [0.1, 0.15) is 0 Å². The number of aryl methyl sites for hydroxylation is 2. The van der Waals surface area contributed by atoms with Crippen LogP contribution < -0.4 is 0 Å². The molecule has 3 rings (SSSR count). The van der Waals surface area contributed by atoms with Gasteiger partial charge >= 0.3 is 0 Å². The zero-order chi connectivity index (χ0) is 18.9. The van der Waals surface area contributed by atoms with Crippen LogP contribution in [0.15, 0.2) is 41.3 Å². The Labute approximate surface area is 165 Å². The third-order valence-electron chi connectivity index (χ3n) is 4.84. The number of benzene rings is 2. The largest absolute Gasteiger partial charge is 0.296 e. The fourth-order valence-corrected chi connectivity index (χ4v) is 4.88. The minimum absolute atomic E-state index is 0.374. The summed E-state index contributed by atoms with van der Waals surface area (Å²) in [5.74, 6) is 0. The second kappa shape index (κ2) is 7.87. The molecule has 2 aromatic rings. The molecule has 7 heteroatoms. The van der Waals surface area contributed by atoms with E-state index in [0.29, 0.717) is 41.1 Å². The summed E-state index contributed by atoms with van der Waals surface area (Å²) in [5, 5.41) is 1.08. The first-order chi connectivity index (χ1) is 12.3. The first kappa shape index (κ1) is 19.6. The van der Waals surface area contributed by atoms with Gasteiger partial charge in [0, 0.05) is 32.7 Å². The molecule has 2 aromatic carbocycles. The van der Waals surface area contributed by atoms with Gasteiger partial charge in [-0.25, -0.2) is 8.42 Å². The van der Waals surface area contributed by atoms with E-state index in [2.05, 4.69) is 4.90 Å². The Morgan fingerprint density at radius 3 is 2.19 bits per heavy atom. The molecule has 140 valence electrons. The van der Waals surface area contributed by atoms with Crippen LogP contribution in [0.3, 0.4) is 0 Å². The molecule has 1 fully saturated rings. The van der Waals surface area contributed by atoms with Crippen molar-refractivity contribution in [2.24, 2.45) is 0 Å². The molecule has 0 radical (unpaired) electrons. The molecular formula is C19H22Cl2N2O2S. The standard InChI is InChI=1S/C19H22Cl2N2O2S/c1-14-3-5-17(11-15(14)2)26(24,25)23-9-7-22(8-10-23)13-16-4-6-18(20)19(21)12-16/h3-6,11-12H,7-10,13H2,1-2H3. The first-order valence-corrected chi connectivity index (χ1v) is 10.7. The van der Waals surface area contributed by atoms with Gasteiger partial charge in [0.2, 0.25) is 10.0 Å². The number of nitrogens with zero attached hydrogens (tertiary/aromatic N) is 2. The predicted octanol–water partition coefficient (Wildman–Crippen LogP) is 4.12. The number of hydrogen-bond donors (Lipinski definition) is 0. The fraction of sp³-hybridized carbons (Fsp3) is 0.368. The molecule has 0 aromatic heterocycles. The van der Waals surface area contributed by atoms with Crippen molar-refractivity contribution in [3.63, 3.8) is 0 Å². The Morgan fingerprint density at radius 1 is 0.885 bits per heavy atom. The quantitative estimate of drug-likeness (QED) is 0.757. The average molecular weight is 413 g/mol. The zero-order valence-electron chi connectivity index (χ0n) is 14.9. The van der Waals surface area contributed by atoms with Gasteiger partial charge in [0.15, 0.2) is 0 Å².